The zero-order valence-electron chi connectivity index (χ0n) is 17.6. The first-order chi connectivity index (χ1) is 15.6. The smallest absolute Gasteiger partial charge is 0.228 e. The van der Waals surface area contributed by atoms with Crippen LogP contribution in [-0.4, -0.2) is 16.4 Å². The summed E-state index contributed by atoms with van der Waals surface area (Å²) in [5.74, 6) is -0.975. The van der Waals surface area contributed by atoms with Gasteiger partial charge in [-0.05, 0) is 61.9 Å². The lowest BCUT2D eigenvalue weighted by Gasteiger charge is -2.07. The molecule has 2 atom stereocenters. The van der Waals surface area contributed by atoms with E-state index in [0.717, 1.165) is 28.5 Å². The number of hydrogen-bond donors (Lipinski definition) is 2. The fraction of sp³-hybridized carbons (Fsp3) is 0.192. The first-order valence-corrected chi connectivity index (χ1v) is 10.7. The van der Waals surface area contributed by atoms with Crippen LogP contribution < -0.4 is 10.6 Å². The van der Waals surface area contributed by atoms with Crippen LogP contribution in [0, 0.1) is 23.2 Å². The number of aryl methyl sites for hydroxylation is 1. The van der Waals surface area contributed by atoms with Crippen molar-refractivity contribution in [2.75, 3.05) is 10.6 Å². The van der Waals surface area contributed by atoms with Crippen LogP contribution in [0.3, 0.4) is 0 Å². The molecule has 1 aliphatic carbocycles. The van der Waals surface area contributed by atoms with Gasteiger partial charge < -0.3 is 15.2 Å². The molecule has 1 heterocycles. The predicted molar refractivity (Wildman–Crippen MR) is 125 cm³/mol. The number of nitrogens with one attached hydrogen (secondary N) is 2. The summed E-state index contributed by atoms with van der Waals surface area (Å²) < 4.78 is 2.26. The fourth-order valence-corrected chi connectivity index (χ4v) is 4.34. The molecule has 0 aliphatic heterocycles. The number of carbonyl (C=O) groups excluding carboxylic acids is 2. The molecular formula is C26H22N4O2. The molecule has 2 N–H and O–H groups in total. The van der Waals surface area contributed by atoms with Gasteiger partial charge in [0.1, 0.15) is 0 Å². The van der Waals surface area contributed by atoms with Gasteiger partial charge in [0.05, 0.1) is 23.5 Å². The van der Waals surface area contributed by atoms with Crippen molar-refractivity contribution in [3.05, 3.63) is 72.3 Å². The number of carbonyl (C=O) groups is 2. The third kappa shape index (κ3) is 3.48. The number of benzene rings is 3. The third-order valence-electron chi connectivity index (χ3n) is 6.10. The second kappa shape index (κ2) is 7.86. The zero-order valence-corrected chi connectivity index (χ0v) is 17.6. The van der Waals surface area contributed by atoms with Crippen molar-refractivity contribution >= 4 is 45.0 Å². The Kier molecular flexibility index (Phi) is 4.87. The highest BCUT2D eigenvalue weighted by Gasteiger charge is 2.48. The zero-order chi connectivity index (χ0) is 22.2. The highest BCUT2D eigenvalue weighted by Crippen LogP contribution is 2.40. The van der Waals surface area contributed by atoms with Crippen molar-refractivity contribution in [2.24, 2.45) is 11.8 Å². The molecule has 6 nitrogen and oxygen atoms in total. The van der Waals surface area contributed by atoms with E-state index in [1.165, 1.54) is 5.52 Å². The molecule has 6 heteroatoms. The van der Waals surface area contributed by atoms with Crippen molar-refractivity contribution in [1.82, 2.24) is 4.57 Å². The van der Waals surface area contributed by atoms with Crippen LogP contribution in [0.2, 0.25) is 0 Å². The Morgan fingerprint density at radius 1 is 0.906 bits per heavy atom. The summed E-state index contributed by atoms with van der Waals surface area (Å²) in [5.41, 5.74) is 4.20. The highest BCUT2D eigenvalue weighted by atomic mass is 16.2. The average Bonchev–Trinajstić information content (AvgIpc) is 3.57. The number of fused-ring (bicyclic) bond motifs is 3. The third-order valence-corrected chi connectivity index (χ3v) is 6.10. The van der Waals surface area contributed by atoms with E-state index in [2.05, 4.69) is 34.3 Å². The largest absolute Gasteiger partial charge is 0.341 e. The van der Waals surface area contributed by atoms with Crippen LogP contribution in [-0.2, 0) is 16.1 Å². The quantitative estimate of drug-likeness (QED) is 0.480. The summed E-state index contributed by atoms with van der Waals surface area (Å²) >= 11 is 0. The maximum absolute atomic E-state index is 12.8. The van der Waals surface area contributed by atoms with Crippen LogP contribution >= 0.6 is 0 Å². The minimum atomic E-state index is -0.337. The lowest BCUT2D eigenvalue weighted by molar-refractivity contribution is -0.122. The Bertz CT molecular complexity index is 1400. The molecule has 0 radical (unpaired) electrons. The molecule has 4 aromatic rings. The van der Waals surface area contributed by atoms with Crippen molar-refractivity contribution in [3.63, 3.8) is 0 Å². The van der Waals surface area contributed by atoms with Crippen molar-refractivity contribution in [1.29, 1.82) is 5.26 Å². The van der Waals surface area contributed by atoms with Crippen molar-refractivity contribution in [2.45, 2.75) is 19.9 Å². The van der Waals surface area contributed by atoms with Crippen LogP contribution in [0.1, 0.15) is 18.9 Å². The van der Waals surface area contributed by atoms with Gasteiger partial charge in [0.15, 0.2) is 0 Å². The normalized spacial score (nSPS) is 17.1. The molecule has 158 valence electrons. The maximum Gasteiger partial charge on any atom is 0.228 e. The van der Waals surface area contributed by atoms with E-state index in [-0.39, 0.29) is 23.7 Å². The van der Waals surface area contributed by atoms with E-state index >= 15 is 0 Å². The van der Waals surface area contributed by atoms with Crippen LogP contribution in [0.5, 0.6) is 0 Å². The van der Waals surface area contributed by atoms with Gasteiger partial charge in [0.25, 0.3) is 0 Å². The summed E-state index contributed by atoms with van der Waals surface area (Å²) in [5, 5.41) is 16.9. The monoisotopic (exact) mass is 422 g/mol. The van der Waals surface area contributed by atoms with E-state index in [9.17, 15) is 9.59 Å². The second-order valence-corrected chi connectivity index (χ2v) is 8.11. The van der Waals surface area contributed by atoms with E-state index in [0.29, 0.717) is 17.7 Å². The van der Waals surface area contributed by atoms with Crippen LogP contribution in [0.4, 0.5) is 11.4 Å². The van der Waals surface area contributed by atoms with E-state index in [1.807, 2.05) is 36.4 Å². The number of para-hydroxylation sites is 1. The van der Waals surface area contributed by atoms with Gasteiger partial charge >= 0.3 is 0 Å². The summed E-state index contributed by atoms with van der Waals surface area (Å²) in [4.78, 5) is 25.2. The number of nitriles is 1. The minimum absolute atomic E-state index is 0.136. The first kappa shape index (κ1) is 19.8. The van der Waals surface area contributed by atoms with Gasteiger partial charge in [-0.3, -0.25) is 9.59 Å². The molecule has 3 aromatic carbocycles. The van der Waals surface area contributed by atoms with E-state index in [1.54, 1.807) is 24.3 Å². The summed E-state index contributed by atoms with van der Waals surface area (Å²) in [6.07, 6.45) is 0.533. The SMILES string of the molecule is CCn1c2ccccc2c2cc(NC(=O)C3CC3C(=O)Nc3ccc(C#N)cc3)ccc21. The molecule has 0 saturated heterocycles. The molecule has 2 amide bonds. The molecule has 5 rings (SSSR count). The average molecular weight is 422 g/mol. The molecule has 1 aromatic heterocycles. The van der Waals surface area contributed by atoms with Gasteiger partial charge in [-0.2, -0.15) is 5.26 Å². The Balaban J connectivity index is 1.28. The fourth-order valence-electron chi connectivity index (χ4n) is 4.34. The number of nitrogens with zero attached hydrogens (tertiary/aromatic N) is 2. The molecule has 1 aliphatic rings. The van der Waals surface area contributed by atoms with E-state index < -0.39 is 0 Å². The van der Waals surface area contributed by atoms with Gasteiger partial charge in [-0.15, -0.1) is 0 Å². The Hall–Kier alpha value is -4.11. The molecule has 0 bridgehead atoms. The number of amides is 2. The molecule has 1 saturated carbocycles. The van der Waals surface area contributed by atoms with Gasteiger partial charge in [-0.25, -0.2) is 0 Å². The molecule has 1 fully saturated rings. The Morgan fingerprint density at radius 3 is 2.22 bits per heavy atom. The second-order valence-electron chi connectivity index (χ2n) is 8.11. The van der Waals surface area contributed by atoms with E-state index in [4.69, 9.17) is 5.26 Å². The minimum Gasteiger partial charge on any atom is -0.341 e. The standard InChI is InChI=1S/C26H22N4O2/c1-2-30-23-6-4-3-5-19(23)20-13-18(11-12-24(20)30)29-26(32)22-14-21(22)25(31)28-17-9-7-16(15-27)8-10-17/h3-13,21-22H,2,14H2,1H3,(H,28,31)(H,29,32). The van der Waals surface area contributed by atoms with Gasteiger partial charge in [-0.1, -0.05) is 18.2 Å². The number of aromatic nitrogens is 1. The lowest BCUT2D eigenvalue weighted by atomic mass is 10.1. The van der Waals surface area contributed by atoms with Crippen LogP contribution in [0.15, 0.2) is 66.7 Å². The summed E-state index contributed by atoms with van der Waals surface area (Å²) in [7, 11) is 0. The molecule has 32 heavy (non-hydrogen) atoms. The Morgan fingerprint density at radius 2 is 1.53 bits per heavy atom. The lowest BCUT2D eigenvalue weighted by Crippen LogP contribution is -2.20. The molecule has 0 spiro atoms. The summed E-state index contributed by atoms with van der Waals surface area (Å²) in [6.45, 7) is 2.99. The number of rotatable bonds is 5. The molecule has 2 unspecified atom stereocenters. The predicted octanol–water partition coefficient (Wildman–Crippen LogP) is 4.90. The van der Waals surface area contributed by atoms with Crippen molar-refractivity contribution < 1.29 is 9.59 Å². The van der Waals surface area contributed by atoms with Crippen molar-refractivity contribution in [3.8, 4) is 6.07 Å². The van der Waals surface area contributed by atoms with Gasteiger partial charge in [0, 0.05) is 39.7 Å². The maximum atomic E-state index is 12.8. The number of anilines is 2. The highest BCUT2D eigenvalue weighted by molar-refractivity contribution is 6.10. The summed E-state index contributed by atoms with van der Waals surface area (Å²) in [6, 6.07) is 23.0. The van der Waals surface area contributed by atoms with Crippen LogP contribution in [0.25, 0.3) is 21.8 Å². The molecular weight excluding hydrogens is 400 g/mol. The Labute approximate surface area is 185 Å². The first-order valence-electron chi connectivity index (χ1n) is 10.7. The van der Waals surface area contributed by atoms with Gasteiger partial charge in [0.2, 0.25) is 11.8 Å². The topological polar surface area (TPSA) is 86.9 Å². The number of hydrogen-bond acceptors (Lipinski definition) is 3.